The van der Waals surface area contributed by atoms with Crippen LogP contribution in [0.1, 0.15) is 34.1 Å². The lowest BCUT2D eigenvalue weighted by molar-refractivity contribution is -0.610. The molecule has 0 bridgehead atoms. The van der Waals surface area contributed by atoms with Crippen LogP contribution < -0.4 is 9.47 Å². The summed E-state index contributed by atoms with van der Waals surface area (Å²) in [6.45, 7) is 9.22. The van der Waals surface area contributed by atoms with Crippen LogP contribution in [0.3, 0.4) is 0 Å². The van der Waals surface area contributed by atoms with E-state index in [1.165, 1.54) is 0 Å². The zero-order valence-corrected chi connectivity index (χ0v) is 11.6. The van der Waals surface area contributed by atoms with Gasteiger partial charge in [0.15, 0.2) is 0 Å². The van der Waals surface area contributed by atoms with Crippen LogP contribution in [-0.2, 0) is 0 Å². The third-order valence-electron chi connectivity index (χ3n) is 2.34. The molecule has 0 amide bonds. The van der Waals surface area contributed by atoms with Crippen LogP contribution in [0.2, 0.25) is 5.15 Å². The fraction of sp³-hybridized carbons (Fsp3) is 0.615. The Balaban J connectivity index is 2.53. The SMILES string of the molecule is CC(COc1cccc(Cl)[n+]1[O-])CC(C)(C)C. The molecule has 1 unspecified atom stereocenters. The minimum absolute atomic E-state index is 0.131. The number of nitrogens with zero attached hydrogens (tertiary/aromatic N) is 1. The minimum atomic E-state index is 0.131. The maximum atomic E-state index is 11.5. The van der Waals surface area contributed by atoms with E-state index in [-0.39, 0.29) is 16.4 Å². The van der Waals surface area contributed by atoms with Crippen molar-refractivity contribution in [2.45, 2.75) is 34.1 Å². The van der Waals surface area contributed by atoms with Crippen LogP contribution in [0.25, 0.3) is 0 Å². The molecular formula is C13H20ClNO2. The lowest BCUT2D eigenvalue weighted by Crippen LogP contribution is -2.31. The van der Waals surface area contributed by atoms with E-state index in [9.17, 15) is 5.21 Å². The van der Waals surface area contributed by atoms with Gasteiger partial charge in [0.05, 0.1) is 12.7 Å². The number of pyridine rings is 1. The average Bonchev–Trinajstić information content (AvgIpc) is 2.18. The second-order valence-corrected chi connectivity index (χ2v) is 6.05. The Morgan fingerprint density at radius 3 is 2.65 bits per heavy atom. The molecule has 0 aromatic carbocycles. The van der Waals surface area contributed by atoms with Crippen LogP contribution in [0.5, 0.6) is 5.88 Å². The molecule has 1 atom stereocenters. The van der Waals surface area contributed by atoms with Gasteiger partial charge in [-0.25, -0.2) is 0 Å². The Morgan fingerprint density at radius 2 is 2.06 bits per heavy atom. The first kappa shape index (κ1) is 14.1. The lowest BCUT2D eigenvalue weighted by Gasteiger charge is -2.22. The number of hydrogen-bond acceptors (Lipinski definition) is 2. The molecular weight excluding hydrogens is 238 g/mol. The first-order chi connectivity index (χ1) is 7.79. The third-order valence-corrected chi connectivity index (χ3v) is 2.62. The monoisotopic (exact) mass is 257 g/mol. The quantitative estimate of drug-likeness (QED) is 0.471. The summed E-state index contributed by atoms with van der Waals surface area (Å²) in [7, 11) is 0. The molecule has 1 rings (SSSR count). The summed E-state index contributed by atoms with van der Waals surface area (Å²) >= 11 is 5.71. The molecule has 0 saturated heterocycles. The molecule has 0 radical (unpaired) electrons. The van der Waals surface area contributed by atoms with E-state index < -0.39 is 0 Å². The molecule has 0 saturated carbocycles. The highest BCUT2D eigenvalue weighted by Crippen LogP contribution is 2.24. The molecule has 0 aliphatic carbocycles. The molecule has 0 aliphatic rings. The average molecular weight is 258 g/mol. The highest BCUT2D eigenvalue weighted by molar-refractivity contribution is 6.28. The van der Waals surface area contributed by atoms with Crippen LogP contribution >= 0.6 is 11.6 Å². The van der Waals surface area contributed by atoms with Crippen molar-refractivity contribution < 1.29 is 9.47 Å². The van der Waals surface area contributed by atoms with Crippen molar-refractivity contribution in [3.8, 4) is 5.88 Å². The van der Waals surface area contributed by atoms with Gasteiger partial charge in [-0.15, -0.1) is 4.73 Å². The van der Waals surface area contributed by atoms with E-state index in [1.54, 1.807) is 18.2 Å². The maximum absolute atomic E-state index is 11.5. The predicted octanol–water partition coefficient (Wildman–Crippen LogP) is 3.42. The lowest BCUT2D eigenvalue weighted by atomic mass is 9.86. The van der Waals surface area contributed by atoms with Gasteiger partial charge >= 0.3 is 5.88 Å². The van der Waals surface area contributed by atoms with Gasteiger partial charge < -0.3 is 9.94 Å². The van der Waals surface area contributed by atoms with Crippen molar-refractivity contribution in [2.24, 2.45) is 11.3 Å². The van der Waals surface area contributed by atoms with Crippen LogP contribution in [-0.4, -0.2) is 6.61 Å². The number of rotatable bonds is 4. The van der Waals surface area contributed by atoms with Gasteiger partial charge in [-0.3, -0.25) is 0 Å². The minimum Gasteiger partial charge on any atom is -0.615 e. The fourth-order valence-electron chi connectivity index (χ4n) is 1.89. The summed E-state index contributed by atoms with van der Waals surface area (Å²) in [6, 6.07) is 4.88. The number of ether oxygens (including phenoxy) is 1. The first-order valence-electron chi connectivity index (χ1n) is 5.80. The Morgan fingerprint density at radius 1 is 1.41 bits per heavy atom. The molecule has 1 heterocycles. The van der Waals surface area contributed by atoms with E-state index in [0.29, 0.717) is 17.3 Å². The predicted molar refractivity (Wildman–Crippen MR) is 69.1 cm³/mol. The van der Waals surface area contributed by atoms with Gasteiger partial charge in [-0.05, 0) is 35.4 Å². The molecule has 1 aromatic rings. The maximum Gasteiger partial charge on any atom is 0.380 e. The Hall–Kier alpha value is -0.960. The Kier molecular flexibility index (Phi) is 4.63. The van der Waals surface area contributed by atoms with Gasteiger partial charge in [-0.2, -0.15) is 0 Å². The molecule has 0 aliphatic heterocycles. The van der Waals surface area contributed by atoms with E-state index >= 15 is 0 Å². The third kappa shape index (κ3) is 4.82. The summed E-state index contributed by atoms with van der Waals surface area (Å²) in [5, 5.41) is 11.7. The van der Waals surface area contributed by atoms with Crippen molar-refractivity contribution >= 4 is 11.6 Å². The molecule has 4 heteroatoms. The van der Waals surface area contributed by atoms with E-state index in [0.717, 1.165) is 6.42 Å². The smallest absolute Gasteiger partial charge is 0.380 e. The van der Waals surface area contributed by atoms with Gasteiger partial charge in [0.25, 0.3) is 5.15 Å². The highest BCUT2D eigenvalue weighted by Gasteiger charge is 2.17. The summed E-state index contributed by atoms with van der Waals surface area (Å²) < 4.78 is 6.09. The van der Waals surface area contributed by atoms with Crippen LogP contribution in [0, 0.1) is 16.5 Å². The summed E-state index contributed by atoms with van der Waals surface area (Å²) in [5.74, 6) is 0.659. The zero-order chi connectivity index (χ0) is 13.1. The van der Waals surface area contributed by atoms with Crippen molar-refractivity contribution in [3.05, 3.63) is 28.6 Å². The largest absolute Gasteiger partial charge is 0.615 e. The van der Waals surface area contributed by atoms with Crippen molar-refractivity contribution in [3.63, 3.8) is 0 Å². The molecule has 0 spiro atoms. The molecule has 96 valence electrons. The molecule has 1 aromatic heterocycles. The standard InChI is InChI=1S/C13H20ClNO2/c1-10(8-13(2,3)4)9-17-12-7-5-6-11(14)15(12)16/h5-7,10H,8-9H2,1-4H3. The summed E-state index contributed by atoms with van der Waals surface area (Å²) in [4.78, 5) is 0. The van der Waals surface area contributed by atoms with Gasteiger partial charge in [0, 0.05) is 6.07 Å². The van der Waals surface area contributed by atoms with Crippen LogP contribution in [0.15, 0.2) is 18.2 Å². The number of aromatic nitrogens is 1. The van der Waals surface area contributed by atoms with Gasteiger partial charge in [-0.1, -0.05) is 27.7 Å². The zero-order valence-electron chi connectivity index (χ0n) is 10.9. The normalized spacial score (nSPS) is 13.5. The summed E-state index contributed by atoms with van der Waals surface area (Å²) in [6.07, 6.45) is 1.05. The topological polar surface area (TPSA) is 36.2 Å². The van der Waals surface area contributed by atoms with Crippen molar-refractivity contribution in [2.75, 3.05) is 6.61 Å². The van der Waals surface area contributed by atoms with Gasteiger partial charge in [0.2, 0.25) is 0 Å². The summed E-state index contributed by atoms with van der Waals surface area (Å²) in [5.41, 5.74) is 0.268. The molecule has 0 N–H and O–H groups in total. The van der Waals surface area contributed by atoms with E-state index in [1.807, 2.05) is 0 Å². The molecule has 3 nitrogen and oxygen atoms in total. The second kappa shape index (κ2) is 5.58. The first-order valence-corrected chi connectivity index (χ1v) is 6.18. The van der Waals surface area contributed by atoms with E-state index in [4.69, 9.17) is 16.3 Å². The van der Waals surface area contributed by atoms with E-state index in [2.05, 4.69) is 27.7 Å². The van der Waals surface area contributed by atoms with Crippen molar-refractivity contribution in [1.29, 1.82) is 0 Å². The van der Waals surface area contributed by atoms with Gasteiger partial charge in [0.1, 0.15) is 0 Å². The molecule has 17 heavy (non-hydrogen) atoms. The van der Waals surface area contributed by atoms with Crippen LogP contribution in [0.4, 0.5) is 0 Å². The van der Waals surface area contributed by atoms with Crippen molar-refractivity contribution in [1.82, 2.24) is 0 Å². The fourth-order valence-corrected chi connectivity index (χ4v) is 2.05. The Bertz CT molecular complexity index is 374. The molecule has 0 fully saturated rings. The number of hydrogen-bond donors (Lipinski definition) is 0. The Labute approximate surface area is 108 Å². The number of halogens is 1. The second-order valence-electron chi connectivity index (χ2n) is 5.66. The highest BCUT2D eigenvalue weighted by atomic mass is 35.5.